The van der Waals surface area contributed by atoms with Crippen molar-refractivity contribution in [2.75, 3.05) is 13.1 Å². The van der Waals surface area contributed by atoms with E-state index in [1.54, 1.807) is 4.90 Å². The number of hydrogen-bond acceptors (Lipinski definition) is 3. The summed E-state index contributed by atoms with van der Waals surface area (Å²) in [5, 5.41) is 0. The molecule has 0 radical (unpaired) electrons. The Hall–Kier alpha value is -1.92. The number of benzene rings is 1. The number of ether oxygens (including phenoxy) is 2. The van der Waals surface area contributed by atoms with Crippen LogP contribution in [0, 0.1) is 5.41 Å². The molecule has 0 bridgehead atoms. The van der Waals surface area contributed by atoms with Gasteiger partial charge in [-0.3, -0.25) is 0 Å². The summed E-state index contributed by atoms with van der Waals surface area (Å²) < 4.78 is 48.7. The van der Waals surface area contributed by atoms with Crippen molar-refractivity contribution in [2.24, 2.45) is 5.41 Å². The average Bonchev–Trinajstić information content (AvgIpc) is 2.37. The molecule has 138 valence electrons. The number of nitrogens with zero attached hydrogens (tertiary/aromatic N) is 1. The molecule has 1 aromatic rings. The number of carbonyl (C=O) groups excluding carboxylic acids is 1. The van der Waals surface area contributed by atoms with E-state index in [4.69, 9.17) is 9.47 Å². The Kier molecular flexibility index (Phi) is 4.16. The van der Waals surface area contributed by atoms with Gasteiger partial charge in [-0.1, -0.05) is 0 Å². The topological polar surface area (TPSA) is 38.8 Å². The number of carbonyl (C=O) groups is 1. The Morgan fingerprint density at radius 2 is 1.68 bits per heavy atom. The zero-order valence-corrected chi connectivity index (χ0v) is 14.5. The van der Waals surface area contributed by atoms with Crippen LogP contribution in [0.3, 0.4) is 0 Å². The van der Waals surface area contributed by atoms with Crippen LogP contribution in [0.1, 0.15) is 39.2 Å². The van der Waals surface area contributed by atoms with Crippen molar-refractivity contribution in [2.45, 2.75) is 51.5 Å². The lowest BCUT2D eigenvalue weighted by Gasteiger charge is -2.58. The van der Waals surface area contributed by atoms with E-state index in [1.165, 1.54) is 12.1 Å². The van der Waals surface area contributed by atoms with Crippen molar-refractivity contribution >= 4 is 6.09 Å². The van der Waals surface area contributed by atoms with E-state index in [9.17, 15) is 18.0 Å². The first-order valence-corrected chi connectivity index (χ1v) is 8.28. The fourth-order valence-electron chi connectivity index (χ4n) is 3.38. The molecule has 1 aliphatic heterocycles. The van der Waals surface area contributed by atoms with Crippen LogP contribution in [0.4, 0.5) is 18.0 Å². The summed E-state index contributed by atoms with van der Waals surface area (Å²) in [7, 11) is 0. The maximum Gasteiger partial charge on any atom is 0.416 e. The van der Waals surface area contributed by atoms with Gasteiger partial charge in [0, 0.05) is 18.5 Å². The highest BCUT2D eigenvalue weighted by Gasteiger charge is 2.55. The van der Waals surface area contributed by atoms with Crippen LogP contribution >= 0.6 is 0 Å². The Morgan fingerprint density at radius 1 is 1.12 bits per heavy atom. The maximum atomic E-state index is 12.5. The normalized spacial score (nSPS) is 20.0. The lowest BCUT2D eigenvalue weighted by atomic mass is 9.62. The number of halogens is 3. The summed E-state index contributed by atoms with van der Waals surface area (Å²) in [5.41, 5.74) is -1.11. The van der Waals surface area contributed by atoms with E-state index in [1.807, 2.05) is 20.8 Å². The highest BCUT2D eigenvalue weighted by atomic mass is 19.4. The largest absolute Gasteiger partial charge is 0.490 e. The summed E-state index contributed by atoms with van der Waals surface area (Å²) in [6, 6.07) is 4.75. The van der Waals surface area contributed by atoms with Gasteiger partial charge in [0.05, 0.1) is 5.56 Å². The van der Waals surface area contributed by atoms with Gasteiger partial charge in [-0.05, 0) is 57.9 Å². The lowest BCUT2D eigenvalue weighted by Crippen LogP contribution is -2.66. The van der Waals surface area contributed by atoms with Gasteiger partial charge < -0.3 is 14.4 Å². The molecule has 0 unspecified atom stereocenters. The van der Waals surface area contributed by atoms with E-state index in [0.29, 0.717) is 18.8 Å². The first-order valence-electron chi connectivity index (χ1n) is 8.28. The fourth-order valence-corrected chi connectivity index (χ4v) is 3.38. The molecular formula is C18H22F3NO3. The van der Waals surface area contributed by atoms with Crippen LogP contribution in [0.15, 0.2) is 24.3 Å². The van der Waals surface area contributed by atoms with Gasteiger partial charge >= 0.3 is 12.3 Å². The minimum atomic E-state index is -4.34. The second kappa shape index (κ2) is 5.81. The molecule has 1 aliphatic carbocycles. The molecule has 0 atom stereocenters. The van der Waals surface area contributed by atoms with Crippen molar-refractivity contribution in [1.82, 2.24) is 4.90 Å². The number of likely N-dealkylation sites (tertiary alicyclic amines) is 1. The monoisotopic (exact) mass is 357 g/mol. The Labute approximate surface area is 144 Å². The van der Waals surface area contributed by atoms with Crippen LogP contribution in [-0.2, 0) is 10.9 Å². The molecule has 1 heterocycles. The standard InChI is InChI=1S/C18H22F3NO3/c1-16(2,3)25-15(23)22-10-17(11-22)8-14(9-17)24-13-6-4-12(5-7-13)18(19,20)21/h4-7,14H,8-11H2,1-3H3. The van der Waals surface area contributed by atoms with Gasteiger partial charge in [-0.2, -0.15) is 13.2 Å². The first kappa shape index (κ1) is 17.9. The number of amides is 1. The Morgan fingerprint density at radius 3 is 2.16 bits per heavy atom. The molecule has 0 aromatic heterocycles. The summed E-state index contributed by atoms with van der Waals surface area (Å²) in [4.78, 5) is 13.6. The zero-order chi connectivity index (χ0) is 18.5. The van der Waals surface area contributed by atoms with Crippen LogP contribution in [-0.4, -0.2) is 35.8 Å². The molecule has 0 N–H and O–H groups in total. The van der Waals surface area contributed by atoms with E-state index in [0.717, 1.165) is 25.0 Å². The summed E-state index contributed by atoms with van der Waals surface area (Å²) in [6.45, 7) is 6.79. The Bertz CT molecular complexity index is 635. The molecule has 4 nitrogen and oxygen atoms in total. The van der Waals surface area contributed by atoms with E-state index in [-0.39, 0.29) is 17.6 Å². The predicted octanol–water partition coefficient (Wildman–Crippen LogP) is 4.48. The van der Waals surface area contributed by atoms with Gasteiger partial charge in [-0.25, -0.2) is 4.79 Å². The number of alkyl halides is 3. The molecule has 1 spiro atoms. The quantitative estimate of drug-likeness (QED) is 0.783. The molecule has 1 saturated heterocycles. The van der Waals surface area contributed by atoms with Gasteiger partial charge in [0.15, 0.2) is 0 Å². The maximum absolute atomic E-state index is 12.5. The van der Waals surface area contributed by atoms with Gasteiger partial charge in [0.25, 0.3) is 0 Å². The molecule has 1 amide bonds. The second-order valence-corrected chi connectivity index (χ2v) is 8.01. The summed E-state index contributed by atoms with van der Waals surface area (Å²) in [5.74, 6) is 0.441. The SMILES string of the molecule is CC(C)(C)OC(=O)N1CC2(CC(Oc3ccc(C(F)(F)F)cc3)C2)C1. The summed E-state index contributed by atoms with van der Waals surface area (Å²) in [6.07, 6.45) is -3.06. The molecule has 2 aliphatic rings. The van der Waals surface area contributed by atoms with E-state index >= 15 is 0 Å². The molecule has 1 saturated carbocycles. The fraction of sp³-hybridized carbons (Fsp3) is 0.611. The number of hydrogen-bond donors (Lipinski definition) is 0. The van der Waals surface area contributed by atoms with Crippen molar-refractivity contribution in [3.05, 3.63) is 29.8 Å². The van der Waals surface area contributed by atoms with Crippen molar-refractivity contribution in [3.8, 4) is 5.75 Å². The highest BCUT2D eigenvalue weighted by Crippen LogP contribution is 2.50. The summed E-state index contributed by atoms with van der Waals surface area (Å²) >= 11 is 0. The molecule has 7 heteroatoms. The predicted molar refractivity (Wildman–Crippen MR) is 85.3 cm³/mol. The Balaban J connectivity index is 1.44. The third-order valence-corrected chi connectivity index (χ3v) is 4.51. The van der Waals surface area contributed by atoms with Crippen molar-refractivity contribution in [1.29, 1.82) is 0 Å². The van der Waals surface area contributed by atoms with Crippen LogP contribution < -0.4 is 4.74 Å². The van der Waals surface area contributed by atoms with Crippen LogP contribution in [0.5, 0.6) is 5.75 Å². The van der Waals surface area contributed by atoms with Crippen molar-refractivity contribution < 1.29 is 27.4 Å². The molecular weight excluding hydrogens is 335 g/mol. The third kappa shape index (κ3) is 4.02. The molecule has 25 heavy (non-hydrogen) atoms. The first-order chi connectivity index (χ1) is 11.5. The molecule has 1 aromatic carbocycles. The molecule has 2 fully saturated rings. The minimum absolute atomic E-state index is 0.0162. The lowest BCUT2D eigenvalue weighted by molar-refractivity contribution is -0.137. The number of rotatable bonds is 2. The minimum Gasteiger partial charge on any atom is -0.490 e. The van der Waals surface area contributed by atoms with Gasteiger partial charge in [0.1, 0.15) is 17.5 Å². The average molecular weight is 357 g/mol. The second-order valence-electron chi connectivity index (χ2n) is 8.01. The van der Waals surface area contributed by atoms with Gasteiger partial charge in [-0.15, -0.1) is 0 Å². The highest BCUT2D eigenvalue weighted by molar-refractivity contribution is 5.69. The third-order valence-electron chi connectivity index (χ3n) is 4.51. The van der Waals surface area contributed by atoms with Crippen LogP contribution in [0.2, 0.25) is 0 Å². The van der Waals surface area contributed by atoms with Gasteiger partial charge in [0.2, 0.25) is 0 Å². The van der Waals surface area contributed by atoms with E-state index < -0.39 is 17.3 Å². The molecule has 3 rings (SSSR count). The van der Waals surface area contributed by atoms with Crippen LogP contribution in [0.25, 0.3) is 0 Å². The smallest absolute Gasteiger partial charge is 0.416 e. The van der Waals surface area contributed by atoms with Crippen molar-refractivity contribution in [3.63, 3.8) is 0 Å². The zero-order valence-electron chi connectivity index (χ0n) is 14.5. The van der Waals surface area contributed by atoms with E-state index in [2.05, 4.69) is 0 Å².